The van der Waals surface area contributed by atoms with Crippen LogP contribution in [0.25, 0.3) is 0 Å². The lowest BCUT2D eigenvalue weighted by Crippen LogP contribution is -2.45. The monoisotopic (exact) mass is 300 g/mol. The van der Waals surface area contributed by atoms with Crippen LogP contribution >= 0.6 is 0 Å². The van der Waals surface area contributed by atoms with Gasteiger partial charge in [0.25, 0.3) is 0 Å². The molecule has 1 saturated carbocycles. The summed E-state index contributed by atoms with van der Waals surface area (Å²) < 4.78 is 0. The zero-order valence-corrected chi connectivity index (χ0v) is 12.9. The molecule has 4 rings (SSSR count). The van der Waals surface area contributed by atoms with Crippen molar-refractivity contribution in [2.45, 2.75) is 43.6 Å². The summed E-state index contributed by atoms with van der Waals surface area (Å²) in [6, 6.07) is 8.79. The van der Waals surface area contributed by atoms with Crippen LogP contribution in [0.15, 0.2) is 24.3 Å². The molecule has 1 aliphatic heterocycles. The van der Waals surface area contributed by atoms with E-state index in [1.807, 2.05) is 0 Å². The molecule has 3 atom stereocenters. The second-order valence-corrected chi connectivity index (χ2v) is 7.07. The van der Waals surface area contributed by atoms with E-state index in [2.05, 4.69) is 29.6 Å². The Morgan fingerprint density at radius 2 is 2.27 bits per heavy atom. The van der Waals surface area contributed by atoms with Gasteiger partial charge in [0.15, 0.2) is 0 Å². The van der Waals surface area contributed by atoms with Crippen molar-refractivity contribution in [2.75, 3.05) is 19.7 Å². The molecule has 2 unspecified atom stereocenters. The fourth-order valence-electron chi connectivity index (χ4n) is 4.61. The lowest BCUT2D eigenvalue weighted by atomic mass is 9.95. The van der Waals surface area contributed by atoms with Gasteiger partial charge in [0.1, 0.15) is 0 Å². The Morgan fingerprint density at radius 3 is 3.14 bits per heavy atom. The number of urea groups is 1. The maximum absolute atomic E-state index is 12.3. The summed E-state index contributed by atoms with van der Waals surface area (Å²) in [4.78, 5) is 14.1. The fraction of sp³-hybridized carbons (Fsp3) is 0.611. The van der Waals surface area contributed by atoms with Gasteiger partial charge < -0.3 is 15.3 Å². The minimum Gasteiger partial charge on any atom is -0.394 e. The van der Waals surface area contributed by atoms with Crippen LogP contribution < -0.4 is 5.32 Å². The number of aryl methyl sites for hydroxylation is 1. The molecule has 0 radical (unpaired) electrons. The second kappa shape index (κ2) is 5.27. The number of carbonyl (C=O) groups is 1. The first-order valence-corrected chi connectivity index (χ1v) is 8.48. The lowest BCUT2D eigenvalue weighted by molar-refractivity contribution is 0.157. The number of rotatable bonds is 3. The summed E-state index contributed by atoms with van der Waals surface area (Å²) in [6.45, 7) is 1.62. The van der Waals surface area contributed by atoms with E-state index in [0.29, 0.717) is 11.3 Å². The number of nitrogens with zero attached hydrogens (tertiary/aromatic N) is 1. The van der Waals surface area contributed by atoms with E-state index in [-0.39, 0.29) is 18.7 Å². The molecular formula is C18H24N2O2. The standard InChI is InChI=1S/C18H24N2O2/c21-12-15-5-3-9-20(15)17(22)19-11-14-10-18(14)8-7-13-4-1-2-6-16(13)18/h1-2,4,6,14-15,21H,3,5,7-12H2,(H,19,22)/t14?,15-,18?/m1/s1. The number of hydrogen-bond donors (Lipinski definition) is 2. The molecule has 118 valence electrons. The molecule has 22 heavy (non-hydrogen) atoms. The van der Waals surface area contributed by atoms with Crippen LogP contribution in [0.1, 0.15) is 36.8 Å². The molecule has 4 heteroatoms. The first kappa shape index (κ1) is 14.1. The highest BCUT2D eigenvalue weighted by atomic mass is 16.3. The Kier molecular flexibility index (Phi) is 3.37. The highest BCUT2D eigenvalue weighted by Crippen LogP contribution is 2.61. The molecule has 4 nitrogen and oxygen atoms in total. The van der Waals surface area contributed by atoms with Gasteiger partial charge in [0.2, 0.25) is 0 Å². The normalized spacial score (nSPS) is 32.3. The molecule has 0 bridgehead atoms. The second-order valence-electron chi connectivity index (χ2n) is 7.07. The molecule has 1 aromatic rings. The SMILES string of the molecule is O=C(NCC1CC12CCc1ccccc12)N1CCC[C@@H]1CO. The van der Waals surface area contributed by atoms with Gasteiger partial charge in [0.05, 0.1) is 12.6 Å². The number of fused-ring (bicyclic) bond motifs is 2. The number of hydrogen-bond acceptors (Lipinski definition) is 2. The molecule has 2 fully saturated rings. The van der Waals surface area contributed by atoms with Gasteiger partial charge in [0, 0.05) is 18.5 Å². The molecule has 1 saturated heterocycles. The van der Waals surface area contributed by atoms with Gasteiger partial charge in [-0.25, -0.2) is 4.79 Å². The topological polar surface area (TPSA) is 52.6 Å². The van der Waals surface area contributed by atoms with Crippen LogP contribution in [0.3, 0.4) is 0 Å². The van der Waals surface area contributed by atoms with Crippen molar-refractivity contribution in [3.05, 3.63) is 35.4 Å². The smallest absolute Gasteiger partial charge is 0.317 e. The van der Waals surface area contributed by atoms with E-state index >= 15 is 0 Å². The number of carbonyl (C=O) groups excluding carboxylic acids is 1. The highest BCUT2D eigenvalue weighted by molar-refractivity contribution is 5.75. The number of aliphatic hydroxyl groups is 1. The number of amides is 2. The van der Waals surface area contributed by atoms with Gasteiger partial charge in [-0.1, -0.05) is 24.3 Å². The fourth-order valence-corrected chi connectivity index (χ4v) is 4.61. The van der Waals surface area contributed by atoms with E-state index in [1.54, 1.807) is 4.90 Å². The van der Waals surface area contributed by atoms with Crippen molar-refractivity contribution in [2.24, 2.45) is 5.92 Å². The number of likely N-dealkylation sites (tertiary alicyclic amines) is 1. The van der Waals surface area contributed by atoms with E-state index in [9.17, 15) is 9.90 Å². The van der Waals surface area contributed by atoms with Gasteiger partial charge >= 0.3 is 6.03 Å². The quantitative estimate of drug-likeness (QED) is 0.898. The zero-order chi connectivity index (χ0) is 15.2. The molecule has 0 aromatic heterocycles. The number of benzene rings is 1. The maximum atomic E-state index is 12.3. The van der Waals surface area contributed by atoms with Crippen molar-refractivity contribution in [3.8, 4) is 0 Å². The summed E-state index contributed by atoms with van der Waals surface area (Å²) in [7, 11) is 0. The van der Waals surface area contributed by atoms with Crippen LogP contribution in [0, 0.1) is 5.92 Å². The van der Waals surface area contributed by atoms with Gasteiger partial charge in [-0.3, -0.25) is 0 Å². The third-order valence-corrected chi connectivity index (χ3v) is 5.97. The van der Waals surface area contributed by atoms with Crippen molar-refractivity contribution < 1.29 is 9.90 Å². The molecule has 3 aliphatic rings. The van der Waals surface area contributed by atoms with Gasteiger partial charge in [-0.05, 0) is 49.1 Å². The third kappa shape index (κ3) is 2.12. The first-order chi connectivity index (χ1) is 10.7. The average Bonchev–Trinajstić information content (AvgIpc) is 2.89. The van der Waals surface area contributed by atoms with E-state index in [4.69, 9.17) is 0 Å². The Morgan fingerprint density at radius 1 is 1.41 bits per heavy atom. The van der Waals surface area contributed by atoms with Gasteiger partial charge in [-0.2, -0.15) is 0 Å². The minimum absolute atomic E-state index is 0.00452. The molecule has 1 aromatic carbocycles. The van der Waals surface area contributed by atoms with Crippen LogP contribution in [-0.4, -0.2) is 41.8 Å². The Hall–Kier alpha value is -1.55. The molecule has 1 heterocycles. The minimum atomic E-state index is 0.00452. The predicted molar refractivity (Wildman–Crippen MR) is 84.8 cm³/mol. The van der Waals surface area contributed by atoms with Crippen molar-refractivity contribution in [1.29, 1.82) is 0 Å². The van der Waals surface area contributed by atoms with Crippen LogP contribution in [0.2, 0.25) is 0 Å². The van der Waals surface area contributed by atoms with E-state index in [1.165, 1.54) is 30.4 Å². The molecular weight excluding hydrogens is 276 g/mol. The predicted octanol–water partition coefficient (Wildman–Crippen LogP) is 2.06. The Bertz CT molecular complexity index is 588. The van der Waals surface area contributed by atoms with Gasteiger partial charge in [-0.15, -0.1) is 0 Å². The van der Waals surface area contributed by atoms with Crippen molar-refractivity contribution >= 4 is 6.03 Å². The van der Waals surface area contributed by atoms with Crippen LogP contribution in [0.4, 0.5) is 4.79 Å². The maximum Gasteiger partial charge on any atom is 0.317 e. The third-order valence-electron chi connectivity index (χ3n) is 5.97. The average molecular weight is 300 g/mol. The van der Waals surface area contributed by atoms with Crippen LogP contribution in [0.5, 0.6) is 0 Å². The summed E-state index contributed by atoms with van der Waals surface area (Å²) >= 11 is 0. The molecule has 2 aliphatic carbocycles. The summed E-state index contributed by atoms with van der Waals surface area (Å²) in [6.07, 6.45) is 5.53. The first-order valence-electron chi connectivity index (χ1n) is 8.48. The lowest BCUT2D eigenvalue weighted by Gasteiger charge is -2.23. The Labute approximate surface area is 131 Å². The Balaban J connectivity index is 1.36. The molecule has 1 spiro atoms. The van der Waals surface area contributed by atoms with E-state index in [0.717, 1.165) is 25.9 Å². The summed E-state index contributed by atoms with van der Waals surface area (Å²) in [5.41, 5.74) is 3.35. The van der Waals surface area contributed by atoms with Crippen molar-refractivity contribution in [1.82, 2.24) is 10.2 Å². The largest absolute Gasteiger partial charge is 0.394 e. The van der Waals surface area contributed by atoms with Crippen molar-refractivity contribution in [3.63, 3.8) is 0 Å². The zero-order valence-electron chi connectivity index (χ0n) is 12.9. The van der Waals surface area contributed by atoms with E-state index < -0.39 is 0 Å². The number of nitrogens with one attached hydrogen (secondary N) is 1. The summed E-state index contributed by atoms with van der Waals surface area (Å²) in [5, 5.41) is 12.4. The number of aliphatic hydroxyl groups excluding tert-OH is 1. The summed E-state index contributed by atoms with van der Waals surface area (Å²) in [5.74, 6) is 0.579. The molecule has 2 amide bonds. The van der Waals surface area contributed by atoms with Crippen LogP contribution in [-0.2, 0) is 11.8 Å². The molecule has 2 N–H and O–H groups in total. The highest BCUT2D eigenvalue weighted by Gasteiger charge is 2.57.